The lowest BCUT2D eigenvalue weighted by atomic mass is 9.92. The van der Waals surface area contributed by atoms with E-state index in [9.17, 15) is 9.59 Å². The van der Waals surface area contributed by atoms with Crippen molar-refractivity contribution in [1.29, 1.82) is 0 Å². The predicted molar refractivity (Wildman–Crippen MR) is 194 cm³/mol. The zero-order valence-electron chi connectivity index (χ0n) is 29.8. The van der Waals surface area contributed by atoms with Gasteiger partial charge in [0.25, 0.3) is 0 Å². The third-order valence-corrected chi connectivity index (χ3v) is 10.9. The Morgan fingerprint density at radius 3 is 2.73 bits per heavy atom. The normalized spacial score (nSPS) is 20.8. The van der Waals surface area contributed by atoms with Gasteiger partial charge in [-0.1, -0.05) is 32.0 Å². The van der Waals surface area contributed by atoms with Gasteiger partial charge >= 0.3 is 6.09 Å². The maximum absolute atomic E-state index is 13.7. The maximum atomic E-state index is 13.7. The van der Waals surface area contributed by atoms with Gasteiger partial charge in [0.1, 0.15) is 30.0 Å². The molecule has 8 rings (SSSR count). The van der Waals surface area contributed by atoms with E-state index in [1.807, 2.05) is 24.9 Å². The molecule has 3 aliphatic rings. The van der Waals surface area contributed by atoms with Gasteiger partial charge in [-0.05, 0) is 84.5 Å². The summed E-state index contributed by atoms with van der Waals surface area (Å²) in [7, 11) is 5.22. The van der Waals surface area contributed by atoms with E-state index in [0.717, 1.165) is 99.6 Å². The summed E-state index contributed by atoms with van der Waals surface area (Å²) in [6, 6.07) is 14.3. The van der Waals surface area contributed by atoms with Crippen molar-refractivity contribution >= 4 is 33.8 Å². The molecule has 3 aromatic carbocycles. The zero-order valence-corrected chi connectivity index (χ0v) is 29.8. The molecular weight excluding hydrogens is 646 g/mol. The number of fused-ring (bicyclic) bond motifs is 6. The highest BCUT2D eigenvalue weighted by Gasteiger charge is 2.38. The minimum absolute atomic E-state index is 0.0996. The summed E-state index contributed by atoms with van der Waals surface area (Å²) in [6.07, 6.45) is 3.99. The van der Waals surface area contributed by atoms with Crippen molar-refractivity contribution in [2.24, 2.45) is 11.8 Å². The molecule has 0 bridgehead atoms. The molecule has 2 aromatic heterocycles. The van der Waals surface area contributed by atoms with Gasteiger partial charge < -0.3 is 34.4 Å². The number of nitrogens with one attached hydrogen (secondary N) is 3. The quantitative estimate of drug-likeness (QED) is 0.171. The third kappa shape index (κ3) is 5.99. The van der Waals surface area contributed by atoms with Crippen LogP contribution in [0.25, 0.3) is 44.2 Å². The summed E-state index contributed by atoms with van der Waals surface area (Å²) in [5, 5.41) is 4.78. The lowest BCUT2D eigenvalue weighted by molar-refractivity contribution is -0.135. The highest BCUT2D eigenvalue weighted by Crippen LogP contribution is 2.43. The molecule has 3 N–H and O–H groups in total. The van der Waals surface area contributed by atoms with Gasteiger partial charge in [-0.3, -0.25) is 9.69 Å². The van der Waals surface area contributed by atoms with E-state index < -0.39 is 12.1 Å². The van der Waals surface area contributed by atoms with Gasteiger partial charge in [0.05, 0.1) is 48.7 Å². The number of alkyl carbamates (subject to hydrolysis) is 1. The number of benzene rings is 3. The van der Waals surface area contributed by atoms with Crippen LogP contribution in [0, 0.1) is 11.8 Å². The fraction of sp³-hybridized carbons (Fsp3) is 0.436. The summed E-state index contributed by atoms with van der Waals surface area (Å²) in [6.45, 7) is 6.67. The van der Waals surface area contributed by atoms with Gasteiger partial charge in [0, 0.05) is 31.1 Å². The van der Waals surface area contributed by atoms with Gasteiger partial charge in [0.2, 0.25) is 5.91 Å². The van der Waals surface area contributed by atoms with Crippen molar-refractivity contribution in [3.8, 4) is 28.1 Å². The smallest absolute Gasteiger partial charge is 0.407 e. The molecule has 3 aliphatic heterocycles. The second kappa shape index (κ2) is 13.3. The van der Waals surface area contributed by atoms with Crippen molar-refractivity contribution in [3.63, 3.8) is 0 Å². The van der Waals surface area contributed by atoms with E-state index in [0.29, 0.717) is 19.1 Å². The highest BCUT2D eigenvalue weighted by molar-refractivity contribution is 6.07. The number of imidazole rings is 2. The maximum Gasteiger partial charge on any atom is 0.407 e. The number of methoxy groups -OCH3 is 2. The summed E-state index contributed by atoms with van der Waals surface area (Å²) in [5.74, 6) is 2.85. The number of H-pyrrole nitrogens is 2. The topological polar surface area (TPSA) is 138 Å². The first-order chi connectivity index (χ1) is 24.7. The molecule has 4 atom stereocenters. The number of nitrogens with zero attached hydrogens (tertiary/aromatic N) is 4. The molecule has 266 valence electrons. The number of hydrogen-bond acceptors (Lipinski definition) is 8. The molecular formula is C39H45N7O5. The number of carbonyl (C=O) groups excluding carboxylic acids is 2. The van der Waals surface area contributed by atoms with Crippen LogP contribution in [0.5, 0.6) is 5.75 Å². The first kappa shape index (κ1) is 33.2. The third-order valence-electron chi connectivity index (χ3n) is 10.9. The van der Waals surface area contributed by atoms with E-state index in [1.54, 1.807) is 7.11 Å². The SMILES string of the molecule is COCC1CC(c2ncc(-c3ccc4c(c3)COc3cc5c(ccc6[nH]c(C7CCCN7C(=O)C(NC(=O)OC)C(C)C)nc65)cc3-4)[nH]2)N(C)C1. The second-order valence-electron chi connectivity index (χ2n) is 14.6. The first-order valence-electron chi connectivity index (χ1n) is 17.8. The molecule has 0 radical (unpaired) electrons. The number of rotatable bonds is 8. The van der Waals surface area contributed by atoms with Crippen LogP contribution in [0.15, 0.2) is 48.7 Å². The molecule has 51 heavy (non-hydrogen) atoms. The largest absolute Gasteiger partial charge is 0.488 e. The van der Waals surface area contributed by atoms with Crippen LogP contribution < -0.4 is 10.1 Å². The molecule has 0 spiro atoms. The van der Waals surface area contributed by atoms with E-state index in [4.69, 9.17) is 24.2 Å². The van der Waals surface area contributed by atoms with Gasteiger partial charge in [-0.25, -0.2) is 14.8 Å². The number of amides is 2. The lowest BCUT2D eigenvalue weighted by Crippen LogP contribution is -2.51. The molecule has 0 aliphatic carbocycles. The van der Waals surface area contributed by atoms with Gasteiger partial charge in [0.15, 0.2) is 0 Å². The number of aromatic amines is 2. The van der Waals surface area contributed by atoms with Gasteiger partial charge in [-0.2, -0.15) is 0 Å². The molecule has 2 amide bonds. The average Bonchev–Trinajstić information content (AvgIpc) is 3.95. The Balaban J connectivity index is 1.06. The molecule has 2 fully saturated rings. The van der Waals surface area contributed by atoms with Crippen LogP contribution in [0.3, 0.4) is 0 Å². The minimum atomic E-state index is -0.684. The summed E-state index contributed by atoms with van der Waals surface area (Å²) in [4.78, 5) is 46.9. The van der Waals surface area contributed by atoms with Crippen molar-refractivity contribution < 1.29 is 23.8 Å². The summed E-state index contributed by atoms with van der Waals surface area (Å²) < 4.78 is 16.6. The van der Waals surface area contributed by atoms with Crippen LogP contribution in [0.4, 0.5) is 4.79 Å². The number of aromatic nitrogens is 4. The minimum Gasteiger partial charge on any atom is -0.488 e. The van der Waals surface area contributed by atoms with Crippen molar-refractivity contribution in [1.82, 2.24) is 35.1 Å². The van der Waals surface area contributed by atoms with Crippen molar-refractivity contribution in [2.45, 2.75) is 57.8 Å². The fourth-order valence-electron chi connectivity index (χ4n) is 8.26. The van der Waals surface area contributed by atoms with Crippen LogP contribution in [-0.4, -0.2) is 88.7 Å². The molecule has 2 saturated heterocycles. The van der Waals surface area contributed by atoms with E-state index in [-0.39, 0.29) is 23.9 Å². The van der Waals surface area contributed by atoms with Crippen LogP contribution in [0.2, 0.25) is 0 Å². The molecule has 12 heteroatoms. The Labute approximate surface area is 296 Å². The predicted octanol–water partition coefficient (Wildman–Crippen LogP) is 6.35. The van der Waals surface area contributed by atoms with Crippen molar-refractivity contribution in [3.05, 3.63) is 65.9 Å². The van der Waals surface area contributed by atoms with E-state index >= 15 is 0 Å². The molecule has 5 heterocycles. The Bertz CT molecular complexity index is 2120. The molecule has 4 unspecified atom stereocenters. The first-order valence-corrected chi connectivity index (χ1v) is 17.8. The summed E-state index contributed by atoms with van der Waals surface area (Å²) in [5.41, 5.74) is 7.17. The van der Waals surface area contributed by atoms with Crippen LogP contribution in [-0.2, 0) is 20.9 Å². The Morgan fingerprint density at radius 1 is 1.06 bits per heavy atom. The number of likely N-dealkylation sites (tertiary alicyclic amines) is 2. The lowest BCUT2D eigenvalue weighted by Gasteiger charge is -2.29. The zero-order chi connectivity index (χ0) is 35.4. The Kier molecular flexibility index (Phi) is 8.67. The van der Waals surface area contributed by atoms with Crippen LogP contribution in [0.1, 0.15) is 62.4 Å². The van der Waals surface area contributed by atoms with E-state index in [2.05, 4.69) is 69.7 Å². The van der Waals surface area contributed by atoms with Crippen LogP contribution >= 0.6 is 0 Å². The van der Waals surface area contributed by atoms with Gasteiger partial charge in [-0.15, -0.1) is 0 Å². The molecule has 12 nitrogen and oxygen atoms in total. The number of hydrogen-bond donors (Lipinski definition) is 3. The highest BCUT2D eigenvalue weighted by atomic mass is 16.5. The standard InChI is InChI=1S/C39H45N7O5/c1-21(2)34(44-39(48)50-5)38(47)46-12-6-7-31(46)37-41-29-11-9-23-15-28-26-10-8-24(14-25(26)20-51-33(28)16-27(23)35(29)43-37)30-17-40-36(42-30)32-13-22(19-49-4)18-45(32)3/h8-11,14-17,21-22,31-32,34H,6-7,12-13,18-20H2,1-5H3,(H,40,42)(H,41,43)(H,44,48). The monoisotopic (exact) mass is 691 g/mol. The average molecular weight is 692 g/mol. The van der Waals surface area contributed by atoms with E-state index in [1.165, 1.54) is 7.11 Å². The Hall–Kier alpha value is -4.94. The second-order valence-corrected chi connectivity index (χ2v) is 14.6. The summed E-state index contributed by atoms with van der Waals surface area (Å²) >= 11 is 0. The molecule has 0 saturated carbocycles. The fourth-order valence-corrected chi connectivity index (χ4v) is 8.26. The Morgan fingerprint density at radius 2 is 1.92 bits per heavy atom. The number of carbonyl (C=O) groups is 2. The van der Waals surface area contributed by atoms with Crippen molar-refractivity contribution in [2.75, 3.05) is 41.0 Å². The molecule has 5 aromatic rings. The number of ether oxygens (including phenoxy) is 3.